The Labute approximate surface area is 135 Å². The van der Waals surface area contributed by atoms with Gasteiger partial charge in [0.05, 0.1) is 10.7 Å². The van der Waals surface area contributed by atoms with Gasteiger partial charge in [-0.15, -0.1) is 11.3 Å². The Morgan fingerprint density at radius 3 is 2.81 bits per heavy atom. The summed E-state index contributed by atoms with van der Waals surface area (Å²) in [6.07, 6.45) is 3.62. The van der Waals surface area contributed by atoms with Gasteiger partial charge in [-0.05, 0) is 44.4 Å². The van der Waals surface area contributed by atoms with Gasteiger partial charge >= 0.3 is 0 Å². The summed E-state index contributed by atoms with van der Waals surface area (Å²) >= 11 is 7.98. The fourth-order valence-corrected chi connectivity index (χ4v) is 3.71. The number of aromatic nitrogens is 1. The molecule has 0 spiro atoms. The molecule has 0 amide bonds. The molecule has 4 heteroatoms. The highest BCUT2D eigenvalue weighted by molar-refractivity contribution is 7.11. The second-order valence-corrected chi connectivity index (χ2v) is 7.61. The van der Waals surface area contributed by atoms with Gasteiger partial charge in [-0.3, -0.25) is 0 Å². The average molecular weight is 321 g/mol. The standard InChI is InChI=1S/C17H21ClN2S/c1-11-12(2)21-17(20-11)9-14(10-19-16-6-7-16)13-4-3-5-15(18)8-13/h3-5,8,14,16,19H,6-7,9-10H2,1-2H3. The third kappa shape index (κ3) is 4.06. The minimum Gasteiger partial charge on any atom is -0.313 e. The lowest BCUT2D eigenvalue weighted by molar-refractivity contribution is 0.576. The smallest absolute Gasteiger partial charge is 0.0937 e. The van der Waals surface area contributed by atoms with E-state index in [-0.39, 0.29) is 0 Å². The van der Waals surface area contributed by atoms with Gasteiger partial charge < -0.3 is 5.32 Å². The van der Waals surface area contributed by atoms with E-state index in [0.29, 0.717) is 5.92 Å². The van der Waals surface area contributed by atoms with E-state index in [1.54, 1.807) is 0 Å². The molecule has 112 valence electrons. The lowest BCUT2D eigenvalue weighted by Crippen LogP contribution is -2.24. The normalized spacial score (nSPS) is 16.1. The van der Waals surface area contributed by atoms with Crippen molar-refractivity contribution >= 4 is 22.9 Å². The topological polar surface area (TPSA) is 24.9 Å². The van der Waals surface area contributed by atoms with Gasteiger partial charge in [0.2, 0.25) is 0 Å². The Morgan fingerprint density at radius 1 is 1.38 bits per heavy atom. The zero-order valence-electron chi connectivity index (χ0n) is 12.5. The number of rotatable bonds is 6. The minimum atomic E-state index is 0.439. The molecule has 3 rings (SSSR count). The molecule has 1 aromatic carbocycles. The van der Waals surface area contributed by atoms with Crippen molar-refractivity contribution in [1.82, 2.24) is 10.3 Å². The Kier molecular flexibility index (Phi) is 4.63. The molecular weight excluding hydrogens is 300 g/mol. The Morgan fingerprint density at radius 2 is 2.19 bits per heavy atom. The van der Waals surface area contributed by atoms with E-state index in [1.165, 1.54) is 28.3 Å². The summed E-state index contributed by atoms with van der Waals surface area (Å²) < 4.78 is 0. The van der Waals surface area contributed by atoms with Crippen LogP contribution in [0, 0.1) is 13.8 Å². The molecule has 1 aliphatic rings. The van der Waals surface area contributed by atoms with Crippen molar-refractivity contribution in [3.63, 3.8) is 0 Å². The number of hydrogen-bond acceptors (Lipinski definition) is 3. The largest absolute Gasteiger partial charge is 0.313 e. The van der Waals surface area contributed by atoms with Crippen LogP contribution in [0.15, 0.2) is 24.3 Å². The number of halogens is 1. The van der Waals surface area contributed by atoms with Gasteiger partial charge in [0.15, 0.2) is 0 Å². The number of hydrogen-bond donors (Lipinski definition) is 1. The highest BCUT2D eigenvalue weighted by atomic mass is 35.5. The SMILES string of the molecule is Cc1nc(CC(CNC2CC2)c2cccc(Cl)c2)sc1C. The van der Waals surface area contributed by atoms with Crippen LogP contribution < -0.4 is 5.32 Å². The molecule has 21 heavy (non-hydrogen) atoms. The highest BCUT2D eigenvalue weighted by Gasteiger charge is 2.23. The Hall–Kier alpha value is -0.900. The molecule has 0 saturated heterocycles. The maximum Gasteiger partial charge on any atom is 0.0937 e. The van der Waals surface area contributed by atoms with Crippen molar-refractivity contribution in [2.45, 2.75) is 45.1 Å². The molecule has 1 aromatic heterocycles. The van der Waals surface area contributed by atoms with E-state index in [9.17, 15) is 0 Å². The third-order valence-corrected chi connectivity index (χ3v) is 5.37. The predicted molar refractivity (Wildman–Crippen MR) is 90.5 cm³/mol. The van der Waals surface area contributed by atoms with Crippen LogP contribution in [-0.4, -0.2) is 17.6 Å². The quantitative estimate of drug-likeness (QED) is 0.848. The van der Waals surface area contributed by atoms with Crippen LogP contribution in [0.4, 0.5) is 0 Å². The van der Waals surface area contributed by atoms with Gasteiger partial charge in [-0.2, -0.15) is 0 Å². The maximum absolute atomic E-state index is 6.16. The summed E-state index contributed by atoms with van der Waals surface area (Å²) in [6.45, 7) is 5.24. The van der Waals surface area contributed by atoms with Gasteiger partial charge in [0.1, 0.15) is 0 Å². The van der Waals surface area contributed by atoms with Crippen molar-refractivity contribution in [2.24, 2.45) is 0 Å². The minimum absolute atomic E-state index is 0.439. The predicted octanol–water partition coefficient (Wildman–Crippen LogP) is 4.49. The van der Waals surface area contributed by atoms with Gasteiger partial charge in [0.25, 0.3) is 0 Å². The first-order valence-electron chi connectivity index (χ1n) is 7.53. The number of nitrogens with zero attached hydrogens (tertiary/aromatic N) is 1. The van der Waals surface area contributed by atoms with E-state index >= 15 is 0 Å². The first-order valence-corrected chi connectivity index (χ1v) is 8.73. The second kappa shape index (κ2) is 6.47. The van der Waals surface area contributed by atoms with E-state index < -0.39 is 0 Å². The van der Waals surface area contributed by atoms with Crippen molar-refractivity contribution in [1.29, 1.82) is 0 Å². The van der Waals surface area contributed by atoms with Gasteiger partial charge in [-0.1, -0.05) is 23.7 Å². The Balaban J connectivity index is 1.77. The number of aryl methyl sites for hydroxylation is 2. The van der Waals surface area contributed by atoms with Gasteiger partial charge in [0, 0.05) is 34.8 Å². The summed E-state index contributed by atoms with van der Waals surface area (Å²) in [6, 6.07) is 8.98. The maximum atomic E-state index is 6.16. The molecule has 1 fully saturated rings. The van der Waals surface area contributed by atoms with Crippen molar-refractivity contribution in [2.75, 3.05) is 6.54 Å². The van der Waals surface area contributed by atoms with E-state index in [2.05, 4.69) is 31.3 Å². The summed E-state index contributed by atoms with van der Waals surface area (Å²) in [7, 11) is 0. The molecule has 0 aliphatic heterocycles. The highest BCUT2D eigenvalue weighted by Crippen LogP contribution is 2.28. The summed E-state index contributed by atoms with van der Waals surface area (Å²) in [4.78, 5) is 6.02. The monoisotopic (exact) mass is 320 g/mol. The number of nitrogens with one attached hydrogen (secondary N) is 1. The molecular formula is C17H21ClN2S. The number of thiazole rings is 1. The van der Waals surface area contributed by atoms with Crippen LogP contribution in [0.5, 0.6) is 0 Å². The number of benzene rings is 1. The summed E-state index contributed by atoms with van der Waals surface area (Å²) in [5, 5.41) is 5.69. The molecule has 1 aliphatic carbocycles. The van der Waals surface area contributed by atoms with Crippen molar-refractivity contribution in [3.8, 4) is 0 Å². The van der Waals surface area contributed by atoms with E-state index in [1.807, 2.05) is 23.5 Å². The molecule has 1 heterocycles. The van der Waals surface area contributed by atoms with E-state index in [4.69, 9.17) is 16.6 Å². The molecule has 1 unspecified atom stereocenters. The summed E-state index contributed by atoms with van der Waals surface area (Å²) in [5.74, 6) is 0.439. The van der Waals surface area contributed by atoms with Crippen LogP contribution in [0.25, 0.3) is 0 Å². The lowest BCUT2D eigenvalue weighted by Gasteiger charge is -2.17. The Bertz CT molecular complexity index is 600. The molecule has 2 aromatic rings. The fraction of sp³-hybridized carbons (Fsp3) is 0.471. The third-order valence-electron chi connectivity index (χ3n) is 4.04. The van der Waals surface area contributed by atoms with Crippen LogP contribution >= 0.6 is 22.9 Å². The molecule has 2 nitrogen and oxygen atoms in total. The molecule has 1 atom stereocenters. The van der Waals surface area contributed by atoms with E-state index in [0.717, 1.165) is 29.7 Å². The zero-order valence-corrected chi connectivity index (χ0v) is 14.1. The summed E-state index contributed by atoms with van der Waals surface area (Å²) in [5.41, 5.74) is 2.47. The van der Waals surface area contributed by atoms with Crippen LogP contribution in [0.1, 0.15) is 39.9 Å². The van der Waals surface area contributed by atoms with Crippen LogP contribution in [-0.2, 0) is 6.42 Å². The van der Waals surface area contributed by atoms with Crippen molar-refractivity contribution < 1.29 is 0 Å². The molecule has 1 saturated carbocycles. The fourth-order valence-electron chi connectivity index (χ4n) is 2.50. The first kappa shape index (κ1) is 15.0. The zero-order chi connectivity index (χ0) is 14.8. The van der Waals surface area contributed by atoms with Crippen LogP contribution in [0.2, 0.25) is 5.02 Å². The molecule has 0 bridgehead atoms. The van der Waals surface area contributed by atoms with Gasteiger partial charge in [-0.25, -0.2) is 4.98 Å². The van der Waals surface area contributed by atoms with Crippen molar-refractivity contribution in [3.05, 3.63) is 50.4 Å². The molecule has 1 N–H and O–H groups in total. The second-order valence-electron chi connectivity index (χ2n) is 5.89. The van der Waals surface area contributed by atoms with Crippen LogP contribution in [0.3, 0.4) is 0 Å². The molecule has 0 radical (unpaired) electrons. The first-order chi connectivity index (χ1) is 10.1. The average Bonchev–Trinajstić information content (AvgIpc) is 3.21. The lowest BCUT2D eigenvalue weighted by atomic mass is 9.96.